The minimum absolute atomic E-state index is 0.172. The van der Waals surface area contributed by atoms with Crippen LogP contribution in [0, 0.1) is 5.82 Å². The topological polar surface area (TPSA) is 84.9 Å². The molecular formula is C25H26ClFN2O5S2. The summed E-state index contributed by atoms with van der Waals surface area (Å²) in [5.74, 6) is 0.540. The molecule has 0 spiro atoms. The number of benzene rings is 3. The number of thioether (sulfide) groups is 1. The van der Waals surface area contributed by atoms with E-state index < -0.39 is 28.3 Å². The van der Waals surface area contributed by atoms with Crippen molar-refractivity contribution >= 4 is 45.0 Å². The summed E-state index contributed by atoms with van der Waals surface area (Å²) in [5.41, 5.74) is 0.863. The van der Waals surface area contributed by atoms with E-state index in [9.17, 15) is 17.6 Å². The molecule has 3 rings (SSSR count). The minimum atomic E-state index is -4.32. The molecule has 7 nitrogen and oxygen atoms in total. The van der Waals surface area contributed by atoms with Crippen molar-refractivity contribution in [1.82, 2.24) is 5.32 Å². The molecule has 0 aliphatic rings. The van der Waals surface area contributed by atoms with Crippen molar-refractivity contribution in [3.05, 3.63) is 83.1 Å². The zero-order valence-corrected chi connectivity index (χ0v) is 22.1. The van der Waals surface area contributed by atoms with Crippen LogP contribution >= 0.6 is 23.4 Å². The first-order valence-corrected chi connectivity index (χ1v) is 13.8. The number of para-hydroxylation sites is 1. The standard InChI is InChI=1S/C25H26ClFN2O5S2/c1-33-23-12-11-20(15-24(23)34-2)36(31,32)29(22-6-4-3-5-21(22)27)16-25(30)28-13-14-35-17-18-7-9-19(26)10-8-18/h3-12,15H,13-14,16-17H2,1-2H3,(H,28,30). The van der Waals surface area contributed by atoms with Crippen LogP contribution in [0.4, 0.5) is 10.1 Å². The molecule has 0 fully saturated rings. The van der Waals surface area contributed by atoms with Crippen LogP contribution in [0.15, 0.2) is 71.6 Å². The Morgan fingerprint density at radius 2 is 1.72 bits per heavy atom. The minimum Gasteiger partial charge on any atom is -0.493 e. The van der Waals surface area contributed by atoms with Gasteiger partial charge in [0.25, 0.3) is 10.0 Å². The summed E-state index contributed by atoms with van der Waals surface area (Å²) in [4.78, 5) is 12.5. The fourth-order valence-electron chi connectivity index (χ4n) is 3.28. The van der Waals surface area contributed by atoms with Gasteiger partial charge in [-0.25, -0.2) is 12.8 Å². The zero-order chi connectivity index (χ0) is 26.1. The first-order chi connectivity index (χ1) is 17.3. The fraction of sp³-hybridized carbons (Fsp3) is 0.240. The quantitative estimate of drug-likeness (QED) is 0.327. The second-order valence-corrected chi connectivity index (χ2v) is 10.9. The highest BCUT2D eigenvalue weighted by atomic mass is 35.5. The molecule has 0 aliphatic heterocycles. The van der Waals surface area contributed by atoms with Crippen molar-refractivity contribution < 1.29 is 27.1 Å². The molecule has 0 saturated carbocycles. The lowest BCUT2D eigenvalue weighted by Crippen LogP contribution is -2.41. The van der Waals surface area contributed by atoms with Crippen LogP contribution in [0.5, 0.6) is 11.5 Å². The highest BCUT2D eigenvalue weighted by Crippen LogP contribution is 2.32. The molecular weight excluding hydrogens is 527 g/mol. The van der Waals surface area contributed by atoms with Crippen LogP contribution in [0.2, 0.25) is 5.02 Å². The van der Waals surface area contributed by atoms with Gasteiger partial charge in [-0.2, -0.15) is 11.8 Å². The second-order valence-electron chi connectivity index (χ2n) is 7.51. The SMILES string of the molecule is COc1ccc(S(=O)(=O)N(CC(=O)NCCSCc2ccc(Cl)cc2)c2ccccc2F)cc1OC. The molecule has 3 aromatic rings. The molecule has 1 N–H and O–H groups in total. The van der Waals surface area contributed by atoms with Crippen LogP contribution in [-0.2, 0) is 20.6 Å². The average Bonchev–Trinajstić information content (AvgIpc) is 2.88. The molecule has 0 unspecified atom stereocenters. The zero-order valence-electron chi connectivity index (χ0n) is 19.7. The highest BCUT2D eigenvalue weighted by molar-refractivity contribution is 7.98. The molecule has 0 bridgehead atoms. The van der Waals surface area contributed by atoms with Gasteiger partial charge in [-0.3, -0.25) is 9.10 Å². The Hall–Kier alpha value is -2.95. The lowest BCUT2D eigenvalue weighted by molar-refractivity contribution is -0.119. The van der Waals surface area contributed by atoms with E-state index in [1.165, 1.54) is 50.6 Å². The Bertz CT molecular complexity index is 1290. The number of carbonyl (C=O) groups is 1. The van der Waals surface area contributed by atoms with E-state index >= 15 is 0 Å². The number of anilines is 1. The van der Waals surface area contributed by atoms with Gasteiger partial charge in [-0.1, -0.05) is 35.9 Å². The number of ether oxygens (including phenoxy) is 2. The Morgan fingerprint density at radius 3 is 2.39 bits per heavy atom. The van der Waals surface area contributed by atoms with Crippen molar-refractivity contribution in [2.24, 2.45) is 0 Å². The molecule has 0 radical (unpaired) electrons. The largest absolute Gasteiger partial charge is 0.493 e. The second kappa shape index (κ2) is 12.8. The molecule has 1 amide bonds. The van der Waals surface area contributed by atoms with E-state index in [0.29, 0.717) is 23.1 Å². The predicted molar refractivity (Wildman–Crippen MR) is 141 cm³/mol. The molecule has 3 aromatic carbocycles. The first kappa shape index (κ1) is 27.6. The predicted octanol–water partition coefficient (Wildman–Crippen LogP) is 4.74. The number of nitrogens with zero attached hydrogens (tertiary/aromatic N) is 1. The van der Waals surface area contributed by atoms with E-state index in [-0.39, 0.29) is 16.3 Å². The van der Waals surface area contributed by atoms with Crippen molar-refractivity contribution in [1.29, 1.82) is 0 Å². The molecule has 0 saturated heterocycles. The third-order valence-corrected chi connectivity index (χ3v) is 8.14. The van der Waals surface area contributed by atoms with Crippen molar-refractivity contribution in [3.63, 3.8) is 0 Å². The maximum Gasteiger partial charge on any atom is 0.265 e. The maximum atomic E-state index is 14.6. The van der Waals surface area contributed by atoms with Gasteiger partial charge in [0.15, 0.2) is 11.5 Å². The summed E-state index contributed by atoms with van der Waals surface area (Å²) in [6, 6.07) is 16.9. The van der Waals surface area contributed by atoms with Crippen LogP contribution in [-0.4, -0.2) is 47.4 Å². The Morgan fingerprint density at radius 1 is 1.03 bits per heavy atom. The normalized spacial score (nSPS) is 11.1. The van der Waals surface area contributed by atoms with E-state index in [1.807, 2.05) is 24.3 Å². The summed E-state index contributed by atoms with van der Waals surface area (Å²) < 4.78 is 52.8. The third kappa shape index (κ3) is 7.05. The molecule has 0 aliphatic carbocycles. The molecule has 0 aromatic heterocycles. The average molecular weight is 553 g/mol. The van der Waals surface area contributed by atoms with Gasteiger partial charge in [-0.15, -0.1) is 0 Å². The summed E-state index contributed by atoms with van der Waals surface area (Å²) >= 11 is 7.50. The van der Waals surface area contributed by atoms with Gasteiger partial charge in [0.05, 0.1) is 24.8 Å². The van der Waals surface area contributed by atoms with Gasteiger partial charge < -0.3 is 14.8 Å². The Kier molecular flexibility index (Phi) is 9.86. The number of carbonyl (C=O) groups excluding carboxylic acids is 1. The van der Waals surface area contributed by atoms with Gasteiger partial charge >= 0.3 is 0 Å². The first-order valence-electron chi connectivity index (χ1n) is 10.8. The number of sulfonamides is 1. The Labute approximate surface area is 219 Å². The number of halogens is 2. The van der Waals surface area contributed by atoms with E-state index in [0.717, 1.165) is 21.7 Å². The molecule has 36 heavy (non-hydrogen) atoms. The van der Waals surface area contributed by atoms with E-state index in [1.54, 1.807) is 11.8 Å². The number of amides is 1. The fourth-order valence-corrected chi connectivity index (χ4v) is 5.67. The summed E-state index contributed by atoms with van der Waals surface area (Å²) in [5, 5.41) is 3.37. The van der Waals surface area contributed by atoms with Gasteiger partial charge in [0.2, 0.25) is 5.91 Å². The van der Waals surface area contributed by atoms with Gasteiger partial charge in [-0.05, 0) is 42.0 Å². The van der Waals surface area contributed by atoms with E-state index in [2.05, 4.69) is 5.32 Å². The maximum absolute atomic E-state index is 14.6. The Balaban J connectivity index is 1.72. The summed E-state index contributed by atoms with van der Waals surface area (Å²) in [6.45, 7) is -0.280. The molecule has 0 heterocycles. The summed E-state index contributed by atoms with van der Waals surface area (Å²) in [7, 11) is -1.52. The van der Waals surface area contributed by atoms with Crippen molar-refractivity contribution in [2.75, 3.05) is 37.4 Å². The molecule has 192 valence electrons. The number of methoxy groups -OCH3 is 2. The van der Waals surface area contributed by atoms with Crippen molar-refractivity contribution in [2.45, 2.75) is 10.6 Å². The third-order valence-electron chi connectivity index (χ3n) is 5.10. The van der Waals surface area contributed by atoms with Crippen LogP contribution in [0.3, 0.4) is 0 Å². The monoisotopic (exact) mass is 552 g/mol. The van der Waals surface area contributed by atoms with E-state index in [4.69, 9.17) is 21.1 Å². The molecule has 0 atom stereocenters. The van der Waals surface area contributed by atoms with Crippen LogP contribution in [0.25, 0.3) is 0 Å². The highest BCUT2D eigenvalue weighted by Gasteiger charge is 2.30. The van der Waals surface area contributed by atoms with Crippen LogP contribution in [0.1, 0.15) is 5.56 Å². The van der Waals surface area contributed by atoms with Crippen molar-refractivity contribution in [3.8, 4) is 11.5 Å². The summed E-state index contributed by atoms with van der Waals surface area (Å²) in [6.07, 6.45) is 0. The number of hydrogen-bond acceptors (Lipinski definition) is 6. The lowest BCUT2D eigenvalue weighted by Gasteiger charge is -2.25. The van der Waals surface area contributed by atoms with Gasteiger partial charge in [0, 0.05) is 29.1 Å². The number of rotatable bonds is 12. The van der Waals surface area contributed by atoms with Crippen LogP contribution < -0.4 is 19.1 Å². The number of nitrogens with one attached hydrogen (secondary N) is 1. The van der Waals surface area contributed by atoms with Gasteiger partial charge in [0.1, 0.15) is 12.4 Å². The smallest absolute Gasteiger partial charge is 0.265 e. The molecule has 11 heteroatoms. The lowest BCUT2D eigenvalue weighted by atomic mass is 10.2. The number of hydrogen-bond donors (Lipinski definition) is 1.